The van der Waals surface area contributed by atoms with Gasteiger partial charge in [0.1, 0.15) is 5.69 Å². The lowest BCUT2D eigenvalue weighted by molar-refractivity contribution is -0.384. The highest BCUT2D eigenvalue weighted by Gasteiger charge is 2.18. The maximum atomic E-state index is 11.6. The van der Waals surface area contributed by atoms with Crippen molar-refractivity contribution in [1.29, 1.82) is 0 Å². The standard InChI is InChI=1S/C14H20N4O3/c1-15-14(19)10-5-6-13(18(20)21)12(8-10)17-9-11-4-2-3-7-16-11/h5-6,8,11,16-17H,2-4,7,9H2,1H3,(H,15,19). The summed E-state index contributed by atoms with van der Waals surface area (Å²) in [6, 6.07) is 4.66. The van der Waals surface area contributed by atoms with Crippen LogP contribution in [-0.4, -0.2) is 37.0 Å². The number of carbonyl (C=O) groups excluding carboxylic acids is 1. The van der Waals surface area contributed by atoms with Crippen LogP contribution in [0, 0.1) is 10.1 Å². The van der Waals surface area contributed by atoms with Gasteiger partial charge in [-0.15, -0.1) is 0 Å². The molecule has 0 bridgehead atoms. The number of carbonyl (C=O) groups is 1. The molecule has 7 heteroatoms. The van der Waals surface area contributed by atoms with Gasteiger partial charge in [0.2, 0.25) is 0 Å². The zero-order valence-electron chi connectivity index (χ0n) is 12.0. The molecule has 1 fully saturated rings. The molecule has 0 aliphatic carbocycles. The second-order valence-corrected chi connectivity index (χ2v) is 5.10. The Kier molecular flexibility index (Phi) is 5.10. The molecule has 7 nitrogen and oxygen atoms in total. The first-order chi connectivity index (χ1) is 10.1. The summed E-state index contributed by atoms with van der Waals surface area (Å²) < 4.78 is 0. The van der Waals surface area contributed by atoms with E-state index in [0.717, 1.165) is 13.0 Å². The maximum Gasteiger partial charge on any atom is 0.292 e. The molecule has 1 aliphatic rings. The molecule has 1 aliphatic heterocycles. The Balaban J connectivity index is 2.13. The predicted molar refractivity (Wildman–Crippen MR) is 80.6 cm³/mol. The first-order valence-electron chi connectivity index (χ1n) is 7.09. The van der Waals surface area contributed by atoms with Gasteiger partial charge in [-0.2, -0.15) is 0 Å². The summed E-state index contributed by atoms with van der Waals surface area (Å²) in [5, 5.41) is 20.1. The second-order valence-electron chi connectivity index (χ2n) is 5.10. The van der Waals surface area contributed by atoms with Gasteiger partial charge in [-0.1, -0.05) is 6.42 Å². The van der Waals surface area contributed by atoms with Crippen LogP contribution in [0.2, 0.25) is 0 Å². The Labute approximate surface area is 123 Å². The van der Waals surface area contributed by atoms with Crippen molar-refractivity contribution >= 4 is 17.3 Å². The highest BCUT2D eigenvalue weighted by Crippen LogP contribution is 2.25. The number of rotatable bonds is 5. The number of piperidine rings is 1. The molecule has 3 N–H and O–H groups in total. The van der Waals surface area contributed by atoms with Crippen LogP contribution in [-0.2, 0) is 0 Å². The van der Waals surface area contributed by atoms with Gasteiger partial charge in [0.05, 0.1) is 4.92 Å². The molecule has 1 heterocycles. The Morgan fingerprint density at radius 3 is 2.90 bits per heavy atom. The minimum Gasteiger partial charge on any atom is -0.378 e. The highest BCUT2D eigenvalue weighted by atomic mass is 16.6. The molecule has 1 amide bonds. The van der Waals surface area contributed by atoms with Gasteiger partial charge < -0.3 is 16.0 Å². The first kappa shape index (κ1) is 15.2. The third kappa shape index (κ3) is 3.91. The number of nitrogens with zero attached hydrogens (tertiary/aromatic N) is 1. The lowest BCUT2D eigenvalue weighted by Crippen LogP contribution is -2.39. The molecule has 0 aromatic heterocycles. The molecule has 1 atom stereocenters. The van der Waals surface area contributed by atoms with Gasteiger partial charge >= 0.3 is 0 Å². The molecule has 1 aromatic rings. The number of amides is 1. The lowest BCUT2D eigenvalue weighted by atomic mass is 10.0. The molecule has 0 spiro atoms. The SMILES string of the molecule is CNC(=O)c1ccc([N+](=O)[O-])c(NCC2CCCCN2)c1. The van der Waals surface area contributed by atoms with E-state index < -0.39 is 4.92 Å². The number of anilines is 1. The van der Waals surface area contributed by atoms with Crippen LogP contribution >= 0.6 is 0 Å². The number of hydrogen-bond acceptors (Lipinski definition) is 5. The fourth-order valence-electron chi connectivity index (χ4n) is 2.45. The van der Waals surface area contributed by atoms with Crippen molar-refractivity contribution in [2.75, 3.05) is 25.5 Å². The van der Waals surface area contributed by atoms with E-state index in [0.29, 0.717) is 23.8 Å². The minimum absolute atomic E-state index is 0.0153. The Hall–Kier alpha value is -2.15. The van der Waals surface area contributed by atoms with Crippen LogP contribution in [0.5, 0.6) is 0 Å². The average molecular weight is 292 g/mol. The van der Waals surface area contributed by atoms with Gasteiger partial charge in [-0.05, 0) is 31.5 Å². The van der Waals surface area contributed by atoms with E-state index in [1.165, 1.54) is 38.1 Å². The van der Waals surface area contributed by atoms with Crippen molar-refractivity contribution in [3.05, 3.63) is 33.9 Å². The summed E-state index contributed by atoms with van der Waals surface area (Å²) in [7, 11) is 1.53. The zero-order valence-corrected chi connectivity index (χ0v) is 12.0. The lowest BCUT2D eigenvalue weighted by Gasteiger charge is -2.24. The summed E-state index contributed by atoms with van der Waals surface area (Å²) in [4.78, 5) is 22.3. The van der Waals surface area contributed by atoms with Gasteiger partial charge in [0, 0.05) is 31.3 Å². The fraction of sp³-hybridized carbons (Fsp3) is 0.500. The van der Waals surface area contributed by atoms with Crippen LogP contribution in [0.15, 0.2) is 18.2 Å². The van der Waals surface area contributed by atoms with Gasteiger partial charge in [0.15, 0.2) is 0 Å². The number of nitro benzene ring substituents is 1. The van der Waals surface area contributed by atoms with Crippen molar-refractivity contribution < 1.29 is 9.72 Å². The number of benzene rings is 1. The predicted octanol–water partition coefficient (Wildman–Crippen LogP) is 1.51. The van der Waals surface area contributed by atoms with Crippen LogP contribution in [0.3, 0.4) is 0 Å². The van der Waals surface area contributed by atoms with Crippen molar-refractivity contribution in [3.63, 3.8) is 0 Å². The summed E-state index contributed by atoms with van der Waals surface area (Å²) in [6.07, 6.45) is 3.39. The molecular formula is C14H20N4O3. The molecule has 2 rings (SSSR count). The summed E-state index contributed by atoms with van der Waals surface area (Å²) in [6.45, 7) is 1.59. The molecule has 1 saturated heterocycles. The number of nitro groups is 1. The molecule has 0 saturated carbocycles. The molecule has 21 heavy (non-hydrogen) atoms. The number of nitrogens with one attached hydrogen (secondary N) is 3. The minimum atomic E-state index is -0.440. The van der Waals surface area contributed by atoms with E-state index in [-0.39, 0.29) is 11.6 Å². The third-order valence-corrected chi connectivity index (χ3v) is 3.63. The Morgan fingerprint density at radius 2 is 2.29 bits per heavy atom. The van der Waals surface area contributed by atoms with Crippen LogP contribution in [0.25, 0.3) is 0 Å². The fourth-order valence-corrected chi connectivity index (χ4v) is 2.45. The average Bonchev–Trinajstić information content (AvgIpc) is 2.52. The van der Waals surface area contributed by atoms with E-state index in [9.17, 15) is 14.9 Å². The largest absolute Gasteiger partial charge is 0.378 e. The molecular weight excluding hydrogens is 272 g/mol. The van der Waals surface area contributed by atoms with E-state index in [4.69, 9.17) is 0 Å². The van der Waals surface area contributed by atoms with Crippen LogP contribution in [0.4, 0.5) is 11.4 Å². The molecule has 114 valence electrons. The van der Waals surface area contributed by atoms with Crippen molar-refractivity contribution in [1.82, 2.24) is 10.6 Å². The van der Waals surface area contributed by atoms with Crippen LogP contribution in [0.1, 0.15) is 29.6 Å². The molecule has 1 unspecified atom stereocenters. The summed E-state index contributed by atoms with van der Waals surface area (Å²) in [5.41, 5.74) is 0.772. The van der Waals surface area contributed by atoms with Crippen molar-refractivity contribution in [2.24, 2.45) is 0 Å². The van der Waals surface area contributed by atoms with E-state index in [2.05, 4.69) is 16.0 Å². The van der Waals surface area contributed by atoms with E-state index in [1.54, 1.807) is 0 Å². The quantitative estimate of drug-likeness (QED) is 0.564. The Morgan fingerprint density at radius 1 is 1.48 bits per heavy atom. The summed E-state index contributed by atoms with van der Waals surface area (Å²) >= 11 is 0. The van der Waals surface area contributed by atoms with Crippen LogP contribution < -0.4 is 16.0 Å². The van der Waals surface area contributed by atoms with Gasteiger partial charge in [-0.25, -0.2) is 0 Å². The normalized spacial score (nSPS) is 18.0. The second kappa shape index (κ2) is 7.03. The Bertz CT molecular complexity index is 527. The smallest absolute Gasteiger partial charge is 0.292 e. The van der Waals surface area contributed by atoms with E-state index >= 15 is 0 Å². The van der Waals surface area contributed by atoms with E-state index in [1.807, 2.05) is 0 Å². The van der Waals surface area contributed by atoms with Gasteiger partial charge in [0.25, 0.3) is 11.6 Å². The van der Waals surface area contributed by atoms with Crippen molar-refractivity contribution in [3.8, 4) is 0 Å². The highest BCUT2D eigenvalue weighted by molar-refractivity contribution is 5.95. The maximum absolute atomic E-state index is 11.6. The summed E-state index contributed by atoms with van der Waals surface area (Å²) in [5.74, 6) is -0.260. The van der Waals surface area contributed by atoms with Gasteiger partial charge in [-0.3, -0.25) is 14.9 Å². The van der Waals surface area contributed by atoms with Crippen molar-refractivity contribution in [2.45, 2.75) is 25.3 Å². The third-order valence-electron chi connectivity index (χ3n) is 3.63. The molecule has 0 radical (unpaired) electrons. The first-order valence-corrected chi connectivity index (χ1v) is 7.09. The molecule has 1 aromatic carbocycles. The number of hydrogen-bond donors (Lipinski definition) is 3. The monoisotopic (exact) mass is 292 g/mol. The topological polar surface area (TPSA) is 96.3 Å². The zero-order chi connectivity index (χ0) is 15.2.